The molecule has 2 N–H and O–H groups in total. The van der Waals surface area contributed by atoms with Crippen LogP contribution in [0.4, 0.5) is 5.82 Å². The van der Waals surface area contributed by atoms with Crippen LogP contribution in [0.25, 0.3) is 5.69 Å². The maximum Gasteiger partial charge on any atom is 0.131 e. The molecule has 1 aromatic carbocycles. The molecule has 1 aliphatic heterocycles. The van der Waals surface area contributed by atoms with E-state index in [9.17, 15) is 0 Å². The van der Waals surface area contributed by atoms with Crippen LogP contribution in [-0.4, -0.2) is 9.78 Å². The molecule has 2 aromatic rings. The van der Waals surface area contributed by atoms with Crippen molar-refractivity contribution in [2.75, 3.05) is 5.73 Å². The van der Waals surface area contributed by atoms with Crippen molar-refractivity contribution >= 4 is 33.5 Å². The summed E-state index contributed by atoms with van der Waals surface area (Å²) in [6.07, 6.45) is 0. The molecule has 0 spiro atoms. The summed E-state index contributed by atoms with van der Waals surface area (Å²) >= 11 is 5.28. The molecule has 2 heterocycles. The lowest BCUT2D eigenvalue weighted by molar-refractivity contribution is 0.869. The van der Waals surface area contributed by atoms with Gasteiger partial charge in [0, 0.05) is 21.5 Å². The monoisotopic (exact) mass is 295 g/mol. The molecular formula is C11H10BrN3S. The number of nitrogens with two attached hydrogens (primary N) is 1. The fourth-order valence-corrected chi connectivity index (χ4v) is 3.12. The number of aromatic nitrogens is 2. The van der Waals surface area contributed by atoms with Gasteiger partial charge in [0.05, 0.1) is 11.4 Å². The Morgan fingerprint density at radius 3 is 2.69 bits per heavy atom. The first-order chi connectivity index (χ1) is 7.75. The van der Waals surface area contributed by atoms with Crippen molar-refractivity contribution in [2.45, 2.75) is 11.5 Å². The number of hydrogen-bond acceptors (Lipinski definition) is 3. The van der Waals surface area contributed by atoms with E-state index in [1.807, 2.05) is 40.7 Å². The maximum atomic E-state index is 6.10. The summed E-state index contributed by atoms with van der Waals surface area (Å²) in [6.45, 7) is 0. The minimum atomic E-state index is 0.780. The number of hydrogen-bond donors (Lipinski definition) is 1. The molecule has 0 fully saturated rings. The molecule has 0 saturated carbocycles. The average molecular weight is 296 g/mol. The summed E-state index contributed by atoms with van der Waals surface area (Å²) in [7, 11) is 0. The third kappa shape index (κ3) is 1.55. The van der Waals surface area contributed by atoms with Crippen LogP contribution in [0.3, 0.4) is 0 Å². The highest BCUT2D eigenvalue weighted by Crippen LogP contribution is 2.34. The van der Waals surface area contributed by atoms with Gasteiger partial charge in [-0.25, -0.2) is 4.68 Å². The Morgan fingerprint density at radius 1 is 1.25 bits per heavy atom. The Balaban J connectivity index is 2.10. The van der Waals surface area contributed by atoms with Gasteiger partial charge < -0.3 is 5.73 Å². The molecule has 0 amide bonds. The van der Waals surface area contributed by atoms with Crippen LogP contribution >= 0.6 is 27.7 Å². The SMILES string of the molecule is Nc1c2c(nn1-c1ccc(Br)cc1)CSC2. The van der Waals surface area contributed by atoms with Gasteiger partial charge in [-0.15, -0.1) is 0 Å². The Labute approximate surface area is 106 Å². The molecule has 0 unspecified atom stereocenters. The third-order valence-corrected chi connectivity index (χ3v) is 4.16. The second kappa shape index (κ2) is 3.82. The summed E-state index contributed by atoms with van der Waals surface area (Å²) in [5, 5.41) is 4.55. The van der Waals surface area contributed by atoms with Gasteiger partial charge in [0.2, 0.25) is 0 Å². The van der Waals surface area contributed by atoms with Crippen LogP contribution in [-0.2, 0) is 11.5 Å². The summed E-state index contributed by atoms with van der Waals surface area (Å²) in [6, 6.07) is 8.01. The number of benzene rings is 1. The first-order valence-corrected chi connectivity index (χ1v) is 6.90. The van der Waals surface area contributed by atoms with Gasteiger partial charge in [-0.2, -0.15) is 16.9 Å². The predicted molar refractivity (Wildman–Crippen MR) is 70.7 cm³/mol. The number of nitrogen functional groups attached to an aromatic ring is 1. The van der Waals surface area contributed by atoms with E-state index in [4.69, 9.17) is 5.73 Å². The second-order valence-electron chi connectivity index (χ2n) is 3.69. The highest BCUT2D eigenvalue weighted by molar-refractivity contribution is 9.10. The number of halogens is 1. The Kier molecular flexibility index (Phi) is 2.44. The number of rotatable bonds is 1. The lowest BCUT2D eigenvalue weighted by atomic mass is 10.3. The molecule has 16 heavy (non-hydrogen) atoms. The van der Waals surface area contributed by atoms with Crippen LogP contribution in [0.5, 0.6) is 0 Å². The second-order valence-corrected chi connectivity index (χ2v) is 5.59. The van der Waals surface area contributed by atoms with Gasteiger partial charge in [0.15, 0.2) is 0 Å². The van der Waals surface area contributed by atoms with E-state index in [1.54, 1.807) is 0 Å². The van der Waals surface area contributed by atoms with E-state index >= 15 is 0 Å². The van der Waals surface area contributed by atoms with Crippen molar-refractivity contribution in [2.24, 2.45) is 0 Å². The standard InChI is InChI=1S/C11H10BrN3S/c12-7-1-3-8(4-2-7)15-11(13)9-5-16-6-10(9)14-15/h1-4H,5-6,13H2. The van der Waals surface area contributed by atoms with E-state index in [-0.39, 0.29) is 0 Å². The lowest BCUT2D eigenvalue weighted by Crippen LogP contribution is -2.03. The zero-order valence-corrected chi connectivity index (χ0v) is 10.9. The summed E-state index contributed by atoms with van der Waals surface area (Å²) in [4.78, 5) is 0. The van der Waals surface area contributed by atoms with E-state index in [0.29, 0.717) is 0 Å². The zero-order chi connectivity index (χ0) is 11.1. The van der Waals surface area contributed by atoms with Crippen LogP contribution in [0, 0.1) is 0 Å². The summed E-state index contributed by atoms with van der Waals surface area (Å²) in [5.74, 6) is 2.74. The first-order valence-electron chi connectivity index (χ1n) is 4.95. The number of fused-ring (bicyclic) bond motifs is 1. The topological polar surface area (TPSA) is 43.8 Å². The van der Waals surface area contributed by atoms with Gasteiger partial charge in [0.1, 0.15) is 5.82 Å². The predicted octanol–water partition coefficient (Wildman–Crippen LogP) is 2.96. The van der Waals surface area contributed by atoms with Crippen molar-refractivity contribution in [3.05, 3.63) is 40.0 Å². The molecule has 0 bridgehead atoms. The highest BCUT2D eigenvalue weighted by Gasteiger charge is 2.21. The molecular weight excluding hydrogens is 286 g/mol. The molecule has 0 radical (unpaired) electrons. The summed E-state index contributed by atoms with van der Waals surface area (Å²) < 4.78 is 2.89. The molecule has 0 aliphatic carbocycles. The molecule has 5 heteroatoms. The van der Waals surface area contributed by atoms with E-state index in [1.165, 1.54) is 5.56 Å². The third-order valence-electron chi connectivity index (χ3n) is 2.66. The number of anilines is 1. The highest BCUT2D eigenvalue weighted by atomic mass is 79.9. The van der Waals surface area contributed by atoms with E-state index in [2.05, 4.69) is 21.0 Å². The maximum absolute atomic E-state index is 6.10. The molecule has 0 saturated heterocycles. The molecule has 0 atom stereocenters. The smallest absolute Gasteiger partial charge is 0.131 e. The quantitative estimate of drug-likeness (QED) is 0.880. The van der Waals surface area contributed by atoms with Crippen molar-refractivity contribution in [3.63, 3.8) is 0 Å². The van der Waals surface area contributed by atoms with Crippen molar-refractivity contribution in [1.29, 1.82) is 0 Å². The fraction of sp³-hybridized carbons (Fsp3) is 0.182. The number of thioether (sulfide) groups is 1. The van der Waals surface area contributed by atoms with Crippen molar-refractivity contribution in [3.8, 4) is 5.69 Å². The lowest BCUT2D eigenvalue weighted by Gasteiger charge is -2.05. The fourth-order valence-electron chi connectivity index (χ4n) is 1.81. The van der Waals surface area contributed by atoms with Crippen molar-refractivity contribution < 1.29 is 0 Å². The average Bonchev–Trinajstić information content (AvgIpc) is 2.84. The molecule has 3 nitrogen and oxygen atoms in total. The van der Waals surface area contributed by atoms with Gasteiger partial charge in [-0.1, -0.05) is 15.9 Å². The van der Waals surface area contributed by atoms with Crippen molar-refractivity contribution in [1.82, 2.24) is 9.78 Å². The molecule has 1 aromatic heterocycles. The minimum absolute atomic E-state index is 0.780. The van der Waals surface area contributed by atoms with Crippen LogP contribution in [0.15, 0.2) is 28.7 Å². The summed E-state index contributed by atoms with van der Waals surface area (Å²) in [5.41, 5.74) is 9.45. The van der Waals surface area contributed by atoms with E-state index in [0.717, 1.165) is 33.2 Å². The Hall–Kier alpha value is -0.940. The molecule has 1 aliphatic rings. The zero-order valence-electron chi connectivity index (χ0n) is 8.48. The van der Waals surface area contributed by atoms with Gasteiger partial charge >= 0.3 is 0 Å². The first kappa shape index (κ1) is 10.2. The Bertz CT molecular complexity index is 533. The molecule has 82 valence electrons. The van der Waals surface area contributed by atoms with Gasteiger partial charge in [-0.05, 0) is 24.3 Å². The van der Waals surface area contributed by atoms with Crippen LogP contribution < -0.4 is 5.73 Å². The van der Waals surface area contributed by atoms with E-state index < -0.39 is 0 Å². The minimum Gasteiger partial charge on any atom is -0.383 e. The van der Waals surface area contributed by atoms with Crippen LogP contribution in [0.2, 0.25) is 0 Å². The van der Waals surface area contributed by atoms with Crippen LogP contribution in [0.1, 0.15) is 11.3 Å². The van der Waals surface area contributed by atoms with Gasteiger partial charge in [-0.3, -0.25) is 0 Å². The number of nitrogens with zero attached hydrogens (tertiary/aromatic N) is 2. The Morgan fingerprint density at radius 2 is 2.00 bits per heavy atom. The van der Waals surface area contributed by atoms with Gasteiger partial charge in [0.25, 0.3) is 0 Å². The molecule has 3 rings (SSSR count). The largest absolute Gasteiger partial charge is 0.383 e. The normalized spacial score (nSPS) is 14.1.